The molecule has 1 aliphatic carbocycles. The van der Waals surface area contributed by atoms with Crippen LogP contribution in [0.25, 0.3) is 0 Å². The Hall–Kier alpha value is -3.26. The third kappa shape index (κ3) is 6.24. The Bertz CT molecular complexity index is 1550. The number of hydrogen-bond acceptors (Lipinski definition) is 4. The maximum absolute atomic E-state index is 12.8. The van der Waals surface area contributed by atoms with E-state index in [9.17, 15) is 4.79 Å². The van der Waals surface area contributed by atoms with Crippen LogP contribution < -0.4 is 15.6 Å². The van der Waals surface area contributed by atoms with Crippen molar-refractivity contribution in [1.29, 1.82) is 0 Å². The van der Waals surface area contributed by atoms with Crippen LogP contribution in [-0.4, -0.2) is 28.6 Å². The van der Waals surface area contributed by atoms with Crippen molar-refractivity contribution in [2.75, 3.05) is 10.2 Å². The molecular weight excluding hydrogens is 585 g/mol. The third-order valence-corrected chi connectivity index (χ3v) is 9.26. The van der Waals surface area contributed by atoms with Crippen LogP contribution >= 0.6 is 35.4 Å². The highest BCUT2D eigenvalue weighted by atomic mass is 35.5. The second kappa shape index (κ2) is 12.2. The first kappa shape index (κ1) is 30.2. The maximum atomic E-state index is 12.8. The molecule has 1 fully saturated rings. The SMILES string of the molecule is Cc1ccccc1NC1=NC(=S)N(c2ccc(C(=O)N/N=C\c3ccc(Cl)cc3Cl)cc2)C12CCC(C(C)(C)C)CC2. The number of para-hydroxylation sites is 1. The van der Waals surface area contributed by atoms with Crippen LogP contribution in [0.3, 0.4) is 0 Å². The molecule has 0 radical (unpaired) electrons. The molecule has 1 amide bonds. The van der Waals surface area contributed by atoms with E-state index in [2.05, 4.69) is 60.6 Å². The molecular formula is C33H35Cl2N5OS. The number of rotatable bonds is 5. The second-order valence-corrected chi connectivity index (χ2v) is 13.3. The Morgan fingerprint density at radius 1 is 1.07 bits per heavy atom. The molecule has 3 aromatic carbocycles. The molecule has 1 saturated carbocycles. The minimum absolute atomic E-state index is 0.239. The molecule has 2 aliphatic rings. The lowest BCUT2D eigenvalue weighted by Crippen LogP contribution is -2.56. The summed E-state index contributed by atoms with van der Waals surface area (Å²) in [6, 6.07) is 20.8. The number of carbonyl (C=O) groups is 1. The monoisotopic (exact) mass is 619 g/mol. The average molecular weight is 621 g/mol. The zero-order valence-corrected chi connectivity index (χ0v) is 26.6. The molecule has 0 aromatic heterocycles. The molecule has 1 spiro atoms. The summed E-state index contributed by atoms with van der Waals surface area (Å²) in [6.45, 7) is 9.07. The number of anilines is 2. The topological polar surface area (TPSA) is 69.1 Å². The summed E-state index contributed by atoms with van der Waals surface area (Å²) >= 11 is 18.0. The molecule has 1 heterocycles. The highest BCUT2D eigenvalue weighted by Crippen LogP contribution is 2.48. The number of hydrogen-bond donors (Lipinski definition) is 2. The summed E-state index contributed by atoms with van der Waals surface area (Å²) < 4.78 is 0. The fourth-order valence-electron chi connectivity index (χ4n) is 5.90. The minimum Gasteiger partial charge on any atom is -0.341 e. The van der Waals surface area contributed by atoms with Gasteiger partial charge < -0.3 is 10.2 Å². The fourth-order valence-corrected chi connectivity index (χ4v) is 6.72. The molecule has 2 N–H and O–H groups in total. The van der Waals surface area contributed by atoms with Crippen molar-refractivity contribution in [2.45, 2.75) is 58.9 Å². The van der Waals surface area contributed by atoms with Crippen molar-refractivity contribution in [1.82, 2.24) is 5.43 Å². The minimum atomic E-state index is -0.382. The Balaban J connectivity index is 1.37. The van der Waals surface area contributed by atoms with Gasteiger partial charge in [-0.1, -0.05) is 68.2 Å². The number of amides is 1. The van der Waals surface area contributed by atoms with E-state index in [0.29, 0.717) is 32.2 Å². The van der Waals surface area contributed by atoms with Crippen molar-refractivity contribution >= 4 is 69.9 Å². The number of amidine groups is 1. The first-order chi connectivity index (χ1) is 20.0. The number of nitrogens with one attached hydrogen (secondary N) is 2. The van der Waals surface area contributed by atoms with Crippen molar-refractivity contribution in [3.05, 3.63) is 93.5 Å². The van der Waals surface area contributed by atoms with Gasteiger partial charge in [0.05, 0.1) is 11.2 Å². The van der Waals surface area contributed by atoms with Gasteiger partial charge in [0.2, 0.25) is 5.11 Å². The lowest BCUT2D eigenvalue weighted by molar-refractivity contribution is 0.0955. The molecule has 1 aliphatic heterocycles. The molecule has 218 valence electrons. The smallest absolute Gasteiger partial charge is 0.271 e. The quantitative estimate of drug-likeness (QED) is 0.170. The van der Waals surface area contributed by atoms with Gasteiger partial charge in [0, 0.05) is 27.5 Å². The van der Waals surface area contributed by atoms with E-state index in [0.717, 1.165) is 48.5 Å². The van der Waals surface area contributed by atoms with Gasteiger partial charge >= 0.3 is 0 Å². The highest BCUT2D eigenvalue weighted by molar-refractivity contribution is 7.80. The molecule has 0 bridgehead atoms. The third-order valence-electron chi connectivity index (χ3n) is 8.42. The molecule has 3 aromatic rings. The van der Waals surface area contributed by atoms with Crippen LogP contribution in [0.15, 0.2) is 76.8 Å². The highest BCUT2D eigenvalue weighted by Gasteiger charge is 2.51. The van der Waals surface area contributed by atoms with E-state index in [1.165, 1.54) is 6.21 Å². The van der Waals surface area contributed by atoms with Crippen molar-refractivity contribution in [3.8, 4) is 0 Å². The van der Waals surface area contributed by atoms with Crippen LogP contribution in [0, 0.1) is 18.3 Å². The molecule has 0 atom stereocenters. The van der Waals surface area contributed by atoms with E-state index in [4.69, 9.17) is 40.4 Å². The average Bonchev–Trinajstić information content (AvgIpc) is 3.20. The van der Waals surface area contributed by atoms with Gasteiger partial charge in [-0.15, -0.1) is 0 Å². The molecule has 9 heteroatoms. The summed E-state index contributed by atoms with van der Waals surface area (Å²) in [4.78, 5) is 19.9. The molecule has 5 rings (SSSR count). The van der Waals surface area contributed by atoms with E-state index >= 15 is 0 Å². The molecule has 0 unspecified atom stereocenters. The van der Waals surface area contributed by atoms with Crippen LogP contribution in [-0.2, 0) is 0 Å². The van der Waals surface area contributed by atoms with Gasteiger partial charge in [0.1, 0.15) is 11.4 Å². The number of nitrogens with zero attached hydrogens (tertiary/aromatic N) is 3. The second-order valence-electron chi connectivity index (χ2n) is 12.1. The van der Waals surface area contributed by atoms with Crippen LogP contribution in [0.5, 0.6) is 0 Å². The number of carbonyl (C=O) groups excluding carboxylic acids is 1. The first-order valence-electron chi connectivity index (χ1n) is 14.1. The Labute approximate surface area is 263 Å². The van der Waals surface area contributed by atoms with E-state index in [1.54, 1.807) is 30.3 Å². The summed E-state index contributed by atoms with van der Waals surface area (Å²) in [7, 11) is 0. The van der Waals surface area contributed by atoms with Crippen molar-refractivity contribution in [2.24, 2.45) is 21.4 Å². The molecule has 0 saturated heterocycles. The molecule has 42 heavy (non-hydrogen) atoms. The van der Waals surface area contributed by atoms with Crippen LogP contribution in [0.4, 0.5) is 11.4 Å². The normalized spacial score (nSPS) is 20.7. The number of aliphatic imine (C=N–C) groups is 1. The zero-order chi connectivity index (χ0) is 30.1. The van der Waals surface area contributed by atoms with Crippen LogP contribution in [0.1, 0.15) is 67.9 Å². The van der Waals surface area contributed by atoms with Gasteiger partial charge in [0.15, 0.2) is 0 Å². The van der Waals surface area contributed by atoms with Crippen molar-refractivity contribution < 1.29 is 4.79 Å². The maximum Gasteiger partial charge on any atom is 0.271 e. The Morgan fingerprint density at radius 2 is 1.76 bits per heavy atom. The Kier molecular flexibility index (Phi) is 8.74. The van der Waals surface area contributed by atoms with E-state index < -0.39 is 0 Å². The lowest BCUT2D eigenvalue weighted by Gasteiger charge is -2.47. The number of thiocarbonyl (C=S) groups is 1. The summed E-state index contributed by atoms with van der Waals surface area (Å²) in [5, 5.41) is 9.23. The van der Waals surface area contributed by atoms with Crippen LogP contribution in [0.2, 0.25) is 10.0 Å². The predicted molar refractivity (Wildman–Crippen MR) is 179 cm³/mol. The first-order valence-corrected chi connectivity index (χ1v) is 15.3. The van der Waals surface area contributed by atoms with Gasteiger partial charge in [-0.3, -0.25) is 4.79 Å². The summed E-state index contributed by atoms with van der Waals surface area (Å²) in [5.41, 5.74) is 6.65. The fraction of sp³-hybridized carbons (Fsp3) is 0.333. The van der Waals surface area contributed by atoms with Gasteiger partial charge in [-0.2, -0.15) is 5.10 Å². The largest absolute Gasteiger partial charge is 0.341 e. The lowest BCUT2D eigenvalue weighted by atomic mass is 9.66. The van der Waals surface area contributed by atoms with Crippen molar-refractivity contribution in [3.63, 3.8) is 0 Å². The summed E-state index contributed by atoms with van der Waals surface area (Å²) in [6.07, 6.45) is 5.50. The number of benzene rings is 3. The summed E-state index contributed by atoms with van der Waals surface area (Å²) in [5.74, 6) is 1.19. The number of halogens is 2. The standard InChI is InChI=1S/C33H35Cl2N5OS/c1-21-7-5-6-8-28(21)37-30-33(17-15-24(16-18-33)32(2,3)4)40(31(42)38-30)26-13-10-22(11-14-26)29(41)39-36-20-23-9-12-25(34)19-27(23)35/h5-14,19-20,24H,15-18H2,1-4H3,(H,39,41)(H,37,38,42)/b36-20-. The zero-order valence-electron chi connectivity index (χ0n) is 24.2. The predicted octanol–water partition coefficient (Wildman–Crippen LogP) is 8.66. The number of aryl methyl sites for hydroxylation is 1. The number of hydrazone groups is 1. The van der Waals surface area contributed by atoms with Gasteiger partial charge in [-0.05, 0) is 104 Å². The van der Waals surface area contributed by atoms with E-state index in [1.807, 2.05) is 24.3 Å². The Morgan fingerprint density at radius 3 is 2.40 bits per heavy atom. The molecule has 6 nitrogen and oxygen atoms in total. The van der Waals surface area contributed by atoms with Gasteiger partial charge in [-0.25, -0.2) is 10.4 Å². The van der Waals surface area contributed by atoms with E-state index in [-0.39, 0.29) is 16.9 Å². The van der Waals surface area contributed by atoms with Gasteiger partial charge in [0.25, 0.3) is 5.91 Å².